The third kappa shape index (κ3) is 1.48. The van der Waals surface area contributed by atoms with Crippen LogP contribution in [-0.4, -0.2) is 25.7 Å². The zero-order valence-electron chi connectivity index (χ0n) is 6.40. The number of hydrogen-bond acceptors (Lipinski definition) is 4. The van der Waals surface area contributed by atoms with Gasteiger partial charge in [0.05, 0.1) is 9.13 Å². The van der Waals surface area contributed by atoms with Gasteiger partial charge >= 0.3 is 0 Å². The second-order valence-electron chi connectivity index (χ2n) is 2.37. The van der Waals surface area contributed by atoms with Crippen molar-refractivity contribution in [2.75, 3.05) is 0 Å². The van der Waals surface area contributed by atoms with E-state index < -0.39 is 0 Å². The summed E-state index contributed by atoms with van der Waals surface area (Å²) in [6.45, 7) is 0. The number of para-hydroxylation sites is 1. The van der Waals surface area contributed by atoms with E-state index in [2.05, 4.69) is 20.6 Å². The van der Waals surface area contributed by atoms with Crippen molar-refractivity contribution in [1.29, 1.82) is 0 Å². The molecular weight excluding hydrogens is 283 g/mol. The summed E-state index contributed by atoms with van der Waals surface area (Å²) in [6, 6.07) is 5.37. The molecular formula is C7H5IN4O. The molecule has 1 aromatic heterocycles. The number of rotatable bonds is 1. The Hall–Kier alpha value is -1.18. The molecule has 66 valence electrons. The molecule has 0 saturated carbocycles. The van der Waals surface area contributed by atoms with Gasteiger partial charge in [-0.3, -0.25) is 0 Å². The Labute approximate surface area is 87.3 Å². The maximum Gasteiger partial charge on any atom is 0.208 e. The summed E-state index contributed by atoms with van der Waals surface area (Å²) >= 11 is 2.04. The quantitative estimate of drug-likeness (QED) is 0.773. The summed E-state index contributed by atoms with van der Waals surface area (Å²) in [5, 5.41) is 22.9. The number of hydrogen-bond donors (Lipinski definition) is 2. The first-order valence-electron chi connectivity index (χ1n) is 3.50. The van der Waals surface area contributed by atoms with Gasteiger partial charge in [-0.1, -0.05) is 6.07 Å². The molecule has 13 heavy (non-hydrogen) atoms. The number of phenolic OH excluding ortho intramolecular Hbond substituents is 1. The van der Waals surface area contributed by atoms with E-state index in [1.807, 2.05) is 28.7 Å². The van der Waals surface area contributed by atoms with Crippen molar-refractivity contribution in [3.63, 3.8) is 0 Å². The molecule has 2 N–H and O–H groups in total. The van der Waals surface area contributed by atoms with Crippen molar-refractivity contribution in [2.24, 2.45) is 0 Å². The molecule has 0 spiro atoms. The van der Waals surface area contributed by atoms with Gasteiger partial charge in [-0.05, 0) is 39.9 Å². The molecule has 0 aliphatic heterocycles. The van der Waals surface area contributed by atoms with Crippen molar-refractivity contribution >= 4 is 22.6 Å². The first-order chi connectivity index (χ1) is 6.29. The lowest BCUT2D eigenvalue weighted by atomic mass is 10.2. The van der Waals surface area contributed by atoms with Crippen LogP contribution in [0, 0.1) is 3.57 Å². The van der Waals surface area contributed by atoms with E-state index >= 15 is 0 Å². The van der Waals surface area contributed by atoms with Crippen molar-refractivity contribution < 1.29 is 5.11 Å². The van der Waals surface area contributed by atoms with Gasteiger partial charge in [-0.2, -0.15) is 5.21 Å². The Balaban J connectivity index is 2.59. The van der Waals surface area contributed by atoms with Crippen LogP contribution in [-0.2, 0) is 0 Å². The summed E-state index contributed by atoms with van der Waals surface area (Å²) in [5.41, 5.74) is 0.584. The number of aromatic nitrogens is 4. The lowest BCUT2D eigenvalue weighted by Crippen LogP contribution is -1.84. The van der Waals surface area contributed by atoms with Crippen LogP contribution < -0.4 is 0 Å². The smallest absolute Gasteiger partial charge is 0.208 e. The lowest BCUT2D eigenvalue weighted by molar-refractivity contribution is 0.473. The average Bonchev–Trinajstić information content (AvgIpc) is 2.62. The molecule has 1 heterocycles. The predicted molar refractivity (Wildman–Crippen MR) is 54.0 cm³/mol. The van der Waals surface area contributed by atoms with E-state index in [1.165, 1.54) is 0 Å². The van der Waals surface area contributed by atoms with Gasteiger partial charge in [0, 0.05) is 0 Å². The van der Waals surface area contributed by atoms with E-state index in [0.29, 0.717) is 11.4 Å². The minimum absolute atomic E-state index is 0.185. The third-order valence-corrected chi connectivity index (χ3v) is 2.44. The van der Waals surface area contributed by atoms with Gasteiger partial charge in [-0.15, -0.1) is 10.2 Å². The molecule has 0 amide bonds. The fourth-order valence-corrected chi connectivity index (χ4v) is 1.47. The van der Waals surface area contributed by atoms with Gasteiger partial charge in [0.1, 0.15) is 5.75 Å². The Morgan fingerprint density at radius 3 is 2.92 bits per heavy atom. The van der Waals surface area contributed by atoms with Crippen LogP contribution >= 0.6 is 22.6 Å². The fraction of sp³-hybridized carbons (Fsp3) is 0. The van der Waals surface area contributed by atoms with E-state index in [1.54, 1.807) is 12.1 Å². The number of nitrogens with zero attached hydrogens (tertiary/aromatic N) is 3. The van der Waals surface area contributed by atoms with Crippen molar-refractivity contribution in [1.82, 2.24) is 20.6 Å². The van der Waals surface area contributed by atoms with Gasteiger partial charge in [-0.25, -0.2) is 0 Å². The molecule has 0 atom stereocenters. The number of phenols is 1. The van der Waals surface area contributed by atoms with E-state index in [4.69, 9.17) is 0 Å². The highest BCUT2D eigenvalue weighted by molar-refractivity contribution is 14.1. The van der Waals surface area contributed by atoms with Gasteiger partial charge in [0.2, 0.25) is 5.82 Å². The molecule has 0 radical (unpaired) electrons. The number of halogens is 1. The van der Waals surface area contributed by atoms with Crippen molar-refractivity contribution in [3.8, 4) is 17.1 Å². The van der Waals surface area contributed by atoms with Crippen LogP contribution in [0.3, 0.4) is 0 Å². The number of benzene rings is 1. The van der Waals surface area contributed by atoms with E-state index in [-0.39, 0.29) is 5.75 Å². The molecule has 0 aliphatic carbocycles. The standard InChI is InChI=1S/C7H5IN4O/c8-5-3-1-2-4(6(5)13)7-9-11-12-10-7/h1-3,13H,(H,9,10,11,12). The summed E-state index contributed by atoms with van der Waals surface area (Å²) in [6.07, 6.45) is 0. The van der Waals surface area contributed by atoms with Crippen LogP contribution in [0.1, 0.15) is 0 Å². The molecule has 0 bridgehead atoms. The van der Waals surface area contributed by atoms with Crippen molar-refractivity contribution in [2.45, 2.75) is 0 Å². The molecule has 2 rings (SSSR count). The maximum absolute atomic E-state index is 9.64. The largest absolute Gasteiger partial charge is 0.506 e. The minimum Gasteiger partial charge on any atom is -0.506 e. The Kier molecular flexibility index (Phi) is 2.13. The highest BCUT2D eigenvalue weighted by atomic mass is 127. The molecule has 1 aromatic carbocycles. The Morgan fingerprint density at radius 1 is 1.38 bits per heavy atom. The molecule has 5 nitrogen and oxygen atoms in total. The molecule has 0 unspecified atom stereocenters. The molecule has 2 aromatic rings. The highest BCUT2D eigenvalue weighted by Gasteiger charge is 2.10. The monoisotopic (exact) mass is 288 g/mol. The molecule has 0 fully saturated rings. The van der Waals surface area contributed by atoms with Crippen LogP contribution in [0.15, 0.2) is 18.2 Å². The zero-order chi connectivity index (χ0) is 9.26. The van der Waals surface area contributed by atoms with Gasteiger partial charge in [0.15, 0.2) is 0 Å². The van der Waals surface area contributed by atoms with Crippen LogP contribution in [0.4, 0.5) is 0 Å². The third-order valence-electron chi connectivity index (χ3n) is 1.57. The maximum atomic E-state index is 9.64. The topological polar surface area (TPSA) is 74.7 Å². The average molecular weight is 288 g/mol. The van der Waals surface area contributed by atoms with Crippen LogP contribution in [0.25, 0.3) is 11.4 Å². The fourth-order valence-electron chi connectivity index (χ4n) is 0.972. The second kappa shape index (κ2) is 3.29. The van der Waals surface area contributed by atoms with E-state index in [0.717, 1.165) is 3.57 Å². The number of aromatic hydroxyl groups is 1. The van der Waals surface area contributed by atoms with Crippen molar-refractivity contribution in [3.05, 3.63) is 21.8 Å². The summed E-state index contributed by atoms with van der Waals surface area (Å²) in [5.74, 6) is 0.584. The second-order valence-corrected chi connectivity index (χ2v) is 3.53. The molecule has 0 aliphatic rings. The highest BCUT2D eigenvalue weighted by Crippen LogP contribution is 2.29. The predicted octanol–water partition coefficient (Wildman–Crippen LogP) is 1.18. The summed E-state index contributed by atoms with van der Waals surface area (Å²) < 4.78 is 0.764. The van der Waals surface area contributed by atoms with Gasteiger partial charge < -0.3 is 5.11 Å². The molecule has 6 heteroatoms. The first-order valence-corrected chi connectivity index (χ1v) is 4.58. The normalized spacial score (nSPS) is 10.2. The van der Waals surface area contributed by atoms with Crippen LogP contribution in [0.5, 0.6) is 5.75 Å². The summed E-state index contributed by atoms with van der Waals surface area (Å²) in [4.78, 5) is 0. The van der Waals surface area contributed by atoms with Gasteiger partial charge in [0.25, 0.3) is 0 Å². The Bertz CT molecular complexity index is 414. The van der Waals surface area contributed by atoms with Crippen LogP contribution in [0.2, 0.25) is 0 Å². The lowest BCUT2D eigenvalue weighted by Gasteiger charge is -2.00. The SMILES string of the molecule is Oc1c(I)cccc1-c1nn[nH]n1. The number of tetrazole rings is 1. The number of aromatic amines is 1. The first kappa shape index (κ1) is 8.42. The molecule has 0 saturated heterocycles. The van der Waals surface area contributed by atoms with E-state index in [9.17, 15) is 5.11 Å². The zero-order valence-corrected chi connectivity index (χ0v) is 8.56. The minimum atomic E-state index is 0.185. The number of H-pyrrole nitrogens is 1. The summed E-state index contributed by atoms with van der Waals surface area (Å²) in [7, 11) is 0. The number of nitrogens with one attached hydrogen (secondary N) is 1. The Morgan fingerprint density at radius 2 is 2.23 bits per heavy atom.